The van der Waals surface area contributed by atoms with Crippen molar-refractivity contribution in [2.24, 2.45) is 11.8 Å². The van der Waals surface area contributed by atoms with Crippen LogP contribution in [0.2, 0.25) is 0 Å². The summed E-state index contributed by atoms with van der Waals surface area (Å²) in [4.78, 5) is 0. The molecule has 0 aromatic carbocycles. The van der Waals surface area contributed by atoms with E-state index in [1.165, 1.54) is 25.7 Å². The topological polar surface area (TPSA) is 18.5 Å². The quantitative estimate of drug-likeness (QED) is 0.675. The Morgan fingerprint density at radius 2 is 1.53 bits per heavy atom. The Kier molecular flexibility index (Phi) is 6.26. The van der Waals surface area contributed by atoms with E-state index in [2.05, 4.69) is 20.8 Å². The first-order valence-electron chi connectivity index (χ1n) is 6.41. The molecular formula is C13H26O2. The Labute approximate surface area is 94.3 Å². The second kappa shape index (κ2) is 7.24. The van der Waals surface area contributed by atoms with Gasteiger partial charge in [0, 0.05) is 19.8 Å². The van der Waals surface area contributed by atoms with Gasteiger partial charge in [-0.05, 0) is 58.3 Å². The minimum absolute atomic E-state index is 0.381. The van der Waals surface area contributed by atoms with Crippen LogP contribution in [0.1, 0.15) is 46.5 Å². The van der Waals surface area contributed by atoms with Crippen LogP contribution >= 0.6 is 0 Å². The average Bonchev–Trinajstić information content (AvgIpc) is 2.25. The Morgan fingerprint density at radius 1 is 1.00 bits per heavy atom. The fraction of sp³-hybridized carbons (Fsp3) is 1.00. The highest BCUT2D eigenvalue weighted by molar-refractivity contribution is 4.72. The fourth-order valence-corrected chi connectivity index (χ4v) is 2.18. The third-order valence-corrected chi connectivity index (χ3v) is 3.19. The molecule has 90 valence electrons. The molecule has 0 aromatic heterocycles. The lowest BCUT2D eigenvalue weighted by molar-refractivity contribution is 0.0263. The zero-order valence-corrected chi connectivity index (χ0v) is 10.5. The molecule has 0 radical (unpaired) electrons. The number of rotatable bonds is 6. The standard InChI is InChI=1S/C13H26O2/c1-4-14-9-12-5-7-13(8-6-12)10-15-11(2)3/h11-13H,4-10H2,1-3H3. The molecule has 1 aliphatic rings. The van der Waals surface area contributed by atoms with Crippen molar-refractivity contribution >= 4 is 0 Å². The average molecular weight is 214 g/mol. The molecule has 0 N–H and O–H groups in total. The molecule has 0 heterocycles. The lowest BCUT2D eigenvalue weighted by atomic mass is 9.83. The van der Waals surface area contributed by atoms with Crippen molar-refractivity contribution in [1.29, 1.82) is 0 Å². The SMILES string of the molecule is CCOCC1CCC(COC(C)C)CC1. The molecule has 0 amide bonds. The van der Waals surface area contributed by atoms with Gasteiger partial charge in [-0.2, -0.15) is 0 Å². The fourth-order valence-electron chi connectivity index (χ4n) is 2.18. The predicted octanol–water partition coefficient (Wildman–Crippen LogP) is 3.25. The monoisotopic (exact) mass is 214 g/mol. The summed E-state index contributed by atoms with van der Waals surface area (Å²) in [5, 5.41) is 0. The van der Waals surface area contributed by atoms with E-state index in [1.54, 1.807) is 0 Å². The maximum absolute atomic E-state index is 5.67. The van der Waals surface area contributed by atoms with Crippen LogP contribution in [-0.4, -0.2) is 25.9 Å². The van der Waals surface area contributed by atoms with E-state index in [1.807, 2.05) is 0 Å². The molecule has 1 rings (SSSR count). The van der Waals surface area contributed by atoms with E-state index in [9.17, 15) is 0 Å². The normalized spacial score (nSPS) is 27.2. The van der Waals surface area contributed by atoms with E-state index < -0.39 is 0 Å². The molecule has 2 heteroatoms. The van der Waals surface area contributed by atoms with E-state index in [0.717, 1.165) is 31.7 Å². The Balaban J connectivity index is 2.07. The van der Waals surface area contributed by atoms with E-state index >= 15 is 0 Å². The lowest BCUT2D eigenvalue weighted by Crippen LogP contribution is -2.22. The third-order valence-electron chi connectivity index (χ3n) is 3.19. The van der Waals surface area contributed by atoms with Crippen LogP contribution in [0.25, 0.3) is 0 Å². The summed E-state index contributed by atoms with van der Waals surface area (Å²) in [7, 11) is 0. The second-order valence-electron chi connectivity index (χ2n) is 4.93. The Hall–Kier alpha value is -0.0800. The third kappa shape index (κ3) is 5.53. The molecule has 0 bridgehead atoms. The van der Waals surface area contributed by atoms with Gasteiger partial charge in [0.2, 0.25) is 0 Å². The highest BCUT2D eigenvalue weighted by Crippen LogP contribution is 2.29. The first-order chi connectivity index (χ1) is 7.22. The van der Waals surface area contributed by atoms with Crippen LogP contribution in [0.5, 0.6) is 0 Å². The minimum atomic E-state index is 0.381. The molecule has 2 nitrogen and oxygen atoms in total. The van der Waals surface area contributed by atoms with Gasteiger partial charge >= 0.3 is 0 Å². The zero-order chi connectivity index (χ0) is 11.1. The van der Waals surface area contributed by atoms with Crippen molar-refractivity contribution in [1.82, 2.24) is 0 Å². The highest BCUT2D eigenvalue weighted by atomic mass is 16.5. The van der Waals surface area contributed by atoms with Crippen molar-refractivity contribution in [3.05, 3.63) is 0 Å². The van der Waals surface area contributed by atoms with Gasteiger partial charge in [0.25, 0.3) is 0 Å². The van der Waals surface area contributed by atoms with Crippen LogP contribution in [0.4, 0.5) is 0 Å². The smallest absolute Gasteiger partial charge is 0.0519 e. The summed E-state index contributed by atoms with van der Waals surface area (Å²) in [5.74, 6) is 1.60. The molecule has 0 aromatic rings. The molecule has 1 aliphatic carbocycles. The van der Waals surface area contributed by atoms with E-state index in [0.29, 0.717) is 6.10 Å². The second-order valence-corrected chi connectivity index (χ2v) is 4.93. The van der Waals surface area contributed by atoms with Crippen molar-refractivity contribution < 1.29 is 9.47 Å². The maximum Gasteiger partial charge on any atom is 0.0519 e. The van der Waals surface area contributed by atoms with Gasteiger partial charge in [-0.1, -0.05) is 0 Å². The van der Waals surface area contributed by atoms with Crippen molar-refractivity contribution in [2.45, 2.75) is 52.6 Å². The summed E-state index contributed by atoms with van der Waals surface area (Å²) < 4.78 is 11.1. The summed E-state index contributed by atoms with van der Waals surface area (Å²) in [5.41, 5.74) is 0. The number of hydrogen-bond acceptors (Lipinski definition) is 2. The molecule has 0 aliphatic heterocycles. The summed E-state index contributed by atoms with van der Waals surface area (Å²) >= 11 is 0. The van der Waals surface area contributed by atoms with Gasteiger partial charge in [-0.25, -0.2) is 0 Å². The van der Waals surface area contributed by atoms with Crippen LogP contribution in [0, 0.1) is 11.8 Å². The molecule has 15 heavy (non-hydrogen) atoms. The largest absolute Gasteiger partial charge is 0.381 e. The van der Waals surface area contributed by atoms with Crippen molar-refractivity contribution in [2.75, 3.05) is 19.8 Å². The Bertz CT molecular complexity index is 149. The molecule has 0 atom stereocenters. The van der Waals surface area contributed by atoms with E-state index in [-0.39, 0.29) is 0 Å². The molecule has 0 saturated heterocycles. The molecular weight excluding hydrogens is 188 g/mol. The van der Waals surface area contributed by atoms with Gasteiger partial charge in [-0.15, -0.1) is 0 Å². The van der Waals surface area contributed by atoms with Gasteiger partial charge in [0.15, 0.2) is 0 Å². The summed E-state index contributed by atoms with van der Waals surface area (Å²) in [6.07, 6.45) is 5.68. The first-order valence-corrected chi connectivity index (χ1v) is 6.41. The number of ether oxygens (including phenoxy) is 2. The number of hydrogen-bond donors (Lipinski definition) is 0. The minimum Gasteiger partial charge on any atom is -0.381 e. The van der Waals surface area contributed by atoms with Crippen molar-refractivity contribution in [3.8, 4) is 0 Å². The van der Waals surface area contributed by atoms with E-state index in [4.69, 9.17) is 9.47 Å². The van der Waals surface area contributed by atoms with Gasteiger partial charge < -0.3 is 9.47 Å². The highest BCUT2D eigenvalue weighted by Gasteiger charge is 2.21. The Morgan fingerprint density at radius 3 is 2.00 bits per heavy atom. The first kappa shape index (κ1) is 13.0. The molecule has 0 spiro atoms. The van der Waals surface area contributed by atoms with Gasteiger partial charge in [0.05, 0.1) is 6.10 Å². The van der Waals surface area contributed by atoms with Crippen molar-refractivity contribution in [3.63, 3.8) is 0 Å². The van der Waals surface area contributed by atoms with Crippen LogP contribution in [-0.2, 0) is 9.47 Å². The lowest BCUT2D eigenvalue weighted by Gasteiger charge is -2.28. The van der Waals surface area contributed by atoms with Crippen LogP contribution < -0.4 is 0 Å². The van der Waals surface area contributed by atoms with Gasteiger partial charge in [-0.3, -0.25) is 0 Å². The maximum atomic E-state index is 5.67. The summed E-state index contributed by atoms with van der Waals surface area (Å²) in [6.45, 7) is 9.08. The molecule has 1 fully saturated rings. The summed E-state index contributed by atoms with van der Waals surface area (Å²) in [6, 6.07) is 0. The molecule has 1 saturated carbocycles. The van der Waals surface area contributed by atoms with Crippen LogP contribution in [0.15, 0.2) is 0 Å². The van der Waals surface area contributed by atoms with Gasteiger partial charge in [0.1, 0.15) is 0 Å². The zero-order valence-electron chi connectivity index (χ0n) is 10.5. The molecule has 0 unspecified atom stereocenters. The predicted molar refractivity (Wildman–Crippen MR) is 63.0 cm³/mol. The van der Waals surface area contributed by atoms with Crippen LogP contribution in [0.3, 0.4) is 0 Å².